The van der Waals surface area contributed by atoms with Gasteiger partial charge in [-0.05, 0) is 55.6 Å². The third-order valence-electron chi connectivity index (χ3n) is 12.0. The van der Waals surface area contributed by atoms with Crippen LogP contribution in [0.4, 0.5) is 0 Å². The van der Waals surface area contributed by atoms with E-state index in [1.807, 2.05) is 43.4 Å². The second-order valence-corrected chi connectivity index (χ2v) is 17.0. The summed E-state index contributed by atoms with van der Waals surface area (Å²) in [5.41, 5.74) is 12.0. The average molecular weight is 747 g/mol. The Hall–Kier alpha value is -4.05. The van der Waals surface area contributed by atoms with E-state index in [1.165, 1.54) is 12.8 Å². The molecule has 2 aromatic heterocycles. The van der Waals surface area contributed by atoms with Gasteiger partial charge < -0.3 is 4.90 Å². The quantitative estimate of drug-likeness (QED) is 0.136. The molecule has 1 amide bonds. The van der Waals surface area contributed by atoms with Crippen LogP contribution in [0.3, 0.4) is 0 Å². The molecular weight excluding hydrogens is 692 g/mol. The number of aryl methyl sites for hydroxylation is 2. The van der Waals surface area contributed by atoms with E-state index in [1.54, 1.807) is 6.92 Å². The number of benzene rings is 2. The lowest BCUT2D eigenvalue weighted by molar-refractivity contribution is -0.157. The van der Waals surface area contributed by atoms with Gasteiger partial charge in [-0.2, -0.15) is 0 Å². The molecule has 0 atom stereocenters. The van der Waals surface area contributed by atoms with Crippen LogP contribution in [0.2, 0.25) is 5.02 Å². The molecular formula is C44H55ClN8O. The molecule has 0 unspecified atom stereocenters. The van der Waals surface area contributed by atoms with Crippen LogP contribution in [0, 0.1) is 30.6 Å². The van der Waals surface area contributed by atoms with Gasteiger partial charge in [-0.15, -0.1) is 0 Å². The van der Waals surface area contributed by atoms with Crippen molar-refractivity contribution in [2.75, 3.05) is 52.9 Å². The topological polar surface area (TPSA) is 90.7 Å². The minimum absolute atomic E-state index is 0.173. The summed E-state index contributed by atoms with van der Waals surface area (Å²) in [5, 5.41) is 0.645. The Bertz CT molecular complexity index is 2070. The molecule has 1 spiro atoms. The van der Waals surface area contributed by atoms with E-state index in [0.29, 0.717) is 16.4 Å². The zero-order valence-corrected chi connectivity index (χ0v) is 34.1. The summed E-state index contributed by atoms with van der Waals surface area (Å²) >= 11 is 7.25. The highest BCUT2D eigenvalue weighted by atomic mass is 35.5. The molecule has 0 radical (unpaired) electrons. The number of aromatic nitrogens is 4. The fourth-order valence-corrected chi connectivity index (χ4v) is 9.61. The number of carbonyl (C=O) groups excluding carboxylic acids is 1. The first kappa shape index (κ1) is 38.2. The predicted octanol–water partition coefficient (Wildman–Crippen LogP) is 7.94. The molecule has 3 aliphatic heterocycles. The summed E-state index contributed by atoms with van der Waals surface area (Å²) < 4.78 is 0. The zero-order valence-electron chi connectivity index (χ0n) is 33.3. The highest BCUT2D eigenvalue weighted by molar-refractivity contribution is 6.36. The van der Waals surface area contributed by atoms with Crippen LogP contribution in [0.5, 0.6) is 0 Å². The van der Waals surface area contributed by atoms with Crippen LogP contribution < -0.4 is 0 Å². The number of hydrogen-bond acceptors (Lipinski definition) is 8. The van der Waals surface area contributed by atoms with Gasteiger partial charge >= 0.3 is 0 Å². The molecule has 10 heteroatoms. The lowest BCUT2D eigenvalue weighted by atomic mass is 9.71. The van der Waals surface area contributed by atoms with Crippen molar-refractivity contribution < 1.29 is 4.79 Å². The fourth-order valence-electron chi connectivity index (χ4n) is 9.29. The third-order valence-corrected chi connectivity index (χ3v) is 12.4. The molecule has 3 saturated heterocycles. The second-order valence-electron chi connectivity index (χ2n) is 16.6. The summed E-state index contributed by atoms with van der Waals surface area (Å²) in [6.45, 7) is 22.4. The maximum absolute atomic E-state index is 11.7. The summed E-state index contributed by atoms with van der Waals surface area (Å²) in [7, 11) is 1.85. The van der Waals surface area contributed by atoms with Crippen molar-refractivity contribution in [2.45, 2.75) is 74.3 Å². The average Bonchev–Trinajstić information content (AvgIpc) is 3.10. The van der Waals surface area contributed by atoms with Gasteiger partial charge in [0, 0.05) is 88.4 Å². The molecule has 3 fully saturated rings. The van der Waals surface area contributed by atoms with Gasteiger partial charge in [0.25, 0.3) is 0 Å². The van der Waals surface area contributed by atoms with E-state index in [2.05, 4.69) is 73.7 Å². The highest BCUT2D eigenvalue weighted by Gasteiger charge is 2.52. The van der Waals surface area contributed by atoms with E-state index in [9.17, 15) is 4.79 Å². The molecule has 7 rings (SSSR count). The summed E-state index contributed by atoms with van der Waals surface area (Å²) in [6.07, 6.45) is 7.03. The molecule has 0 saturated carbocycles. The molecule has 3 aliphatic rings. The maximum atomic E-state index is 11.7. The number of carbonyl (C=O) groups is 1. The van der Waals surface area contributed by atoms with E-state index in [4.69, 9.17) is 31.5 Å². The lowest BCUT2D eigenvalue weighted by Crippen LogP contribution is -2.72. The largest absolute Gasteiger partial charge is 0.341 e. The molecule has 284 valence electrons. The highest BCUT2D eigenvalue weighted by Crippen LogP contribution is 2.42. The third kappa shape index (κ3) is 7.35. The maximum Gasteiger partial charge on any atom is 0.219 e. The van der Waals surface area contributed by atoms with Crippen LogP contribution >= 0.6 is 11.6 Å². The van der Waals surface area contributed by atoms with Crippen LogP contribution in [0.1, 0.15) is 75.8 Å². The van der Waals surface area contributed by atoms with Gasteiger partial charge in [-0.25, -0.2) is 9.97 Å². The normalized spacial score (nSPS) is 18.1. The Morgan fingerprint density at radius 3 is 2.13 bits per heavy atom. The molecule has 0 bridgehead atoms. The van der Waals surface area contributed by atoms with Gasteiger partial charge in [0.15, 0.2) is 0 Å². The molecule has 0 aliphatic carbocycles. The van der Waals surface area contributed by atoms with E-state index in [0.717, 1.165) is 126 Å². The predicted molar refractivity (Wildman–Crippen MR) is 219 cm³/mol. The number of nitrogens with zero attached hydrogens (tertiary/aromatic N) is 8. The number of aliphatic imine (C=N–C) groups is 1. The molecule has 5 heterocycles. The van der Waals surface area contributed by atoms with Gasteiger partial charge in [0.1, 0.15) is 5.69 Å². The first-order valence-corrected chi connectivity index (χ1v) is 20.0. The van der Waals surface area contributed by atoms with Crippen LogP contribution in [0.25, 0.3) is 33.6 Å². The summed E-state index contributed by atoms with van der Waals surface area (Å²) in [6, 6.07) is 12.4. The van der Waals surface area contributed by atoms with Crippen molar-refractivity contribution in [3.05, 3.63) is 82.2 Å². The van der Waals surface area contributed by atoms with Crippen molar-refractivity contribution in [1.29, 1.82) is 0 Å². The fraction of sp³-hybridized carbons (Fsp3) is 0.500. The number of amides is 1. The number of halogens is 1. The first-order chi connectivity index (χ1) is 25.9. The second kappa shape index (κ2) is 15.2. The van der Waals surface area contributed by atoms with Gasteiger partial charge in [-0.3, -0.25) is 29.6 Å². The van der Waals surface area contributed by atoms with Gasteiger partial charge in [0.2, 0.25) is 5.91 Å². The number of rotatable bonds is 12. The molecule has 4 aromatic rings. The Morgan fingerprint density at radius 2 is 1.50 bits per heavy atom. The summed E-state index contributed by atoms with van der Waals surface area (Å²) in [5.74, 6) is 0.878. The molecule has 9 nitrogen and oxygen atoms in total. The van der Waals surface area contributed by atoms with Crippen LogP contribution in [0.15, 0.2) is 53.8 Å². The Labute approximate surface area is 326 Å². The smallest absolute Gasteiger partial charge is 0.219 e. The Morgan fingerprint density at radius 1 is 0.852 bits per heavy atom. The Kier molecular flexibility index (Phi) is 10.8. The van der Waals surface area contributed by atoms with Crippen molar-refractivity contribution in [1.82, 2.24) is 34.6 Å². The van der Waals surface area contributed by atoms with Gasteiger partial charge in [0.05, 0.1) is 51.6 Å². The number of hydrogen-bond donors (Lipinski definition) is 0. The van der Waals surface area contributed by atoms with Crippen molar-refractivity contribution >= 4 is 23.2 Å². The molecule has 0 N–H and O–H groups in total. The lowest BCUT2D eigenvalue weighted by Gasteiger charge is -2.60. The number of likely N-dealkylation sites (tertiary alicyclic amines) is 3. The van der Waals surface area contributed by atoms with E-state index < -0.39 is 0 Å². The van der Waals surface area contributed by atoms with Crippen molar-refractivity contribution in [3.8, 4) is 33.6 Å². The van der Waals surface area contributed by atoms with Crippen LogP contribution in [-0.4, -0.2) is 99.1 Å². The SMILES string of the molecule is CCc1nc(-c2cccc(-c3cccc(-c4cnc(C(CN5CC(CC)(CC(C)C)C5)=NC)c(C)n4)c3Cl)c2C)cnc1CN1CC2(C1)CN(C(C)=O)C2. The Balaban J connectivity index is 1.07. The van der Waals surface area contributed by atoms with Crippen molar-refractivity contribution in [3.63, 3.8) is 0 Å². The first-order valence-electron chi connectivity index (χ1n) is 19.6. The monoisotopic (exact) mass is 746 g/mol. The summed E-state index contributed by atoms with van der Waals surface area (Å²) in [4.78, 5) is 43.2. The van der Waals surface area contributed by atoms with E-state index in [-0.39, 0.29) is 11.3 Å². The molecule has 54 heavy (non-hydrogen) atoms. The van der Waals surface area contributed by atoms with Crippen molar-refractivity contribution in [2.24, 2.45) is 21.7 Å². The zero-order chi connectivity index (χ0) is 38.4. The standard InChI is InChI=1S/C44H55ClN8O/c1-9-36-39(20-51-24-44(25-51)26-53(27-44)31(7)54)47-18-37(50-36)33-14-11-13-32(29(33)5)34-15-12-16-35(41(34)45)38-19-48-42(30(6)49-38)40(46-8)21-52-22-43(10-2,23-52)17-28(3)4/h11-16,18-19,28H,9-10,17,20-27H2,1-8H3. The molecule has 2 aromatic carbocycles. The van der Waals surface area contributed by atoms with Crippen LogP contribution in [-0.2, 0) is 17.8 Å². The van der Waals surface area contributed by atoms with Gasteiger partial charge in [-0.1, -0.05) is 75.7 Å². The minimum atomic E-state index is 0.173. The minimum Gasteiger partial charge on any atom is -0.341 e. The van der Waals surface area contributed by atoms with E-state index >= 15 is 0 Å².